The van der Waals surface area contributed by atoms with E-state index in [2.05, 4.69) is 20.0 Å². The van der Waals surface area contributed by atoms with E-state index in [0.29, 0.717) is 0 Å². The fourth-order valence-corrected chi connectivity index (χ4v) is 1.86. The van der Waals surface area contributed by atoms with Gasteiger partial charge in [-0.05, 0) is 18.5 Å². The summed E-state index contributed by atoms with van der Waals surface area (Å²) in [6, 6.07) is 0. The fourth-order valence-electron chi connectivity index (χ4n) is 1.41. The van der Waals surface area contributed by atoms with Crippen LogP contribution in [0.3, 0.4) is 0 Å². The molecule has 0 atom stereocenters. The van der Waals surface area contributed by atoms with Gasteiger partial charge in [-0.15, -0.1) is 5.10 Å². The Kier molecular flexibility index (Phi) is 3.08. The van der Waals surface area contributed by atoms with E-state index in [-0.39, 0.29) is 0 Å². The molecule has 0 bridgehead atoms. The van der Waals surface area contributed by atoms with Gasteiger partial charge in [-0.1, -0.05) is 4.49 Å². The van der Waals surface area contributed by atoms with Gasteiger partial charge in [0, 0.05) is 37.3 Å². The monoisotopic (exact) mass is 223 g/mol. The fraction of sp³-hybridized carbons (Fsp3) is 0.444. The third-order valence-corrected chi connectivity index (χ3v) is 2.70. The summed E-state index contributed by atoms with van der Waals surface area (Å²) in [7, 11) is 1.93. The van der Waals surface area contributed by atoms with Crippen molar-refractivity contribution in [1.29, 1.82) is 0 Å². The molecular formula is C9H13N5S. The normalized spacial score (nSPS) is 10.8. The van der Waals surface area contributed by atoms with Crippen molar-refractivity contribution in [1.82, 2.24) is 24.7 Å². The van der Waals surface area contributed by atoms with E-state index in [4.69, 9.17) is 0 Å². The lowest BCUT2D eigenvalue weighted by atomic mass is 10.2. The lowest BCUT2D eigenvalue weighted by Gasteiger charge is -2.00. The summed E-state index contributed by atoms with van der Waals surface area (Å²) in [4.78, 5) is 0. The Labute approximate surface area is 92.3 Å². The van der Waals surface area contributed by atoms with Crippen LogP contribution in [-0.4, -0.2) is 19.4 Å². The van der Waals surface area contributed by atoms with Gasteiger partial charge in [0.15, 0.2) is 0 Å². The number of aromatic nitrogens is 4. The molecule has 1 N–H and O–H groups in total. The molecule has 2 heterocycles. The highest BCUT2D eigenvalue weighted by atomic mass is 32.1. The van der Waals surface area contributed by atoms with Crippen molar-refractivity contribution in [2.75, 3.05) is 0 Å². The van der Waals surface area contributed by atoms with E-state index >= 15 is 0 Å². The minimum absolute atomic E-state index is 0.755. The number of nitrogens with zero attached hydrogens (tertiary/aromatic N) is 4. The quantitative estimate of drug-likeness (QED) is 0.835. The maximum absolute atomic E-state index is 4.28. The summed E-state index contributed by atoms with van der Waals surface area (Å²) in [6.45, 7) is 3.59. The number of aryl methyl sites for hydroxylation is 2. The molecule has 0 radical (unpaired) electrons. The average molecular weight is 223 g/mol. The van der Waals surface area contributed by atoms with Crippen molar-refractivity contribution < 1.29 is 0 Å². The molecule has 15 heavy (non-hydrogen) atoms. The largest absolute Gasteiger partial charge is 0.307 e. The van der Waals surface area contributed by atoms with E-state index in [9.17, 15) is 0 Å². The van der Waals surface area contributed by atoms with Gasteiger partial charge in [0.1, 0.15) is 0 Å². The molecule has 0 unspecified atom stereocenters. The molecule has 0 saturated carbocycles. The van der Waals surface area contributed by atoms with Gasteiger partial charge < -0.3 is 5.32 Å². The van der Waals surface area contributed by atoms with Crippen molar-refractivity contribution in [2.24, 2.45) is 7.05 Å². The summed E-state index contributed by atoms with van der Waals surface area (Å²) in [6.07, 6.45) is 2.03. The van der Waals surface area contributed by atoms with Crippen molar-refractivity contribution >= 4 is 11.5 Å². The second kappa shape index (κ2) is 4.50. The van der Waals surface area contributed by atoms with Crippen molar-refractivity contribution in [3.05, 3.63) is 28.5 Å². The van der Waals surface area contributed by atoms with Crippen molar-refractivity contribution in [3.8, 4) is 0 Å². The lowest BCUT2D eigenvalue weighted by Crippen LogP contribution is -2.13. The number of hydrogen-bond acceptors (Lipinski definition) is 5. The molecule has 2 aromatic heterocycles. The Hall–Kier alpha value is -1.27. The molecular weight excluding hydrogens is 210 g/mol. The zero-order valence-corrected chi connectivity index (χ0v) is 9.58. The SMILES string of the molecule is Cc1nn(C)cc1CNCc1csnn1. The molecule has 80 valence electrons. The van der Waals surface area contributed by atoms with Crippen molar-refractivity contribution in [2.45, 2.75) is 20.0 Å². The predicted octanol–water partition coefficient (Wildman–Crippen LogP) is 0.870. The number of hydrogen-bond donors (Lipinski definition) is 1. The molecule has 0 saturated heterocycles. The maximum atomic E-state index is 4.28. The Morgan fingerprint density at radius 2 is 2.33 bits per heavy atom. The maximum Gasteiger partial charge on any atom is 0.0893 e. The number of rotatable bonds is 4. The van der Waals surface area contributed by atoms with Crippen molar-refractivity contribution in [3.63, 3.8) is 0 Å². The first-order chi connectivity index (χ1) is 7.25. The van der Waals surface area contributed by atoms with Gasteiger partial charge in [-0.25, -0.2) is 0 Å². The first-order valence-electron chi connectivity index (χ1n) is 4.71. The standard InChI is InChI=1S/C9H13N5S/c1-7-8(5-14(2)12-7)3-10-4-9-6-15-13-11-9/h5-6,10H,3-4H2,1-2H3. The van der Waals surface area contributed by atoms with Gasteiger partial charge in [-0.2, -0.15) is 5.10 Å². The van der Waals surface area contributed by atoms with Crippen LogP contribution in [0.1, 0.15) is 17.0 Å². The minimum Gasteiger partial charge on any atom is -0.307 e. The van der Waals surface area contributed by atoms with E-state index in [1.807, 2.05) is 30.2 Å². The molecule has 5 nitrogen and oxygen atoms in total. The van der Waals surface area contributed by atoms with E-state index in [1.165, 1.54) is 17.1 Å². The number of nitrogens with one attached hydrogen (secondary N) is 1. The summed E-state index contributed by atoms with van der Waals surface area (Å²) in [5.74, 6) is 0. The molecule has 0 aliphatic carbocycles. The second-order valence-corrected chi connectivity index (χ2v) is 4.02. The summed E-state index contributed by atoms with van der Waals surface area (Å²) in [5.41, 5.74) is 3.28. The zero-order valence-electron chi connectivity index (χ0n) is 8.77. The van der Waals surface area contributed by atoms with Crippen LogP contribution in [0.4, 0.5) is 0 Å². The molecule has 2 rings (SSSR count). The van der Waals surface area contributed by atoms with Gasteiger partial charge in [-0.3, -0.25) is 4.68 Å². The molecule has 2 aromatic rings. The molecule has 0 aliphatic heterocycles. The van der Waals surface area contributed by atoms with Crippen LogP contribution >= 0.6 is 11.5 Å². The Bertz CT molecular complexity index is 420. The smallest absolute Gasteiger partial charge is 0.0893 e. The molecule has 0 amide bonds. The molecule has 0 spiro atoms. The zero-order chi connectivity index (χ0) is 10.7. The van der Waals surface area contributed by atoms with Crippen LogP contribution < -0.4 is 5.32 Å². The van der Waals surface area contributed by atoms with E-state index in [0.717, 1.165) is 24.5 Å². The van der Waals surface area contributed by atoms with Crippen LogP contribution in [0, 0.1) is 6.92 Å². The molecule has 0 aliphatic rings. The summed E-state index contributed by atoms with van der Waals surface area (Å²) < 4.78 is 5.63. The van der Waals surface area contributed by atoms with Gasteiger partial charge in [0.2, 0.25) is 0 Å². The molecule has 0 aromatic carbocycles. The first kappa shape index (κ1) is 10.3. The third-order valence-electron chi connectivity index (χ3n) is 2.14. The van der Waals surface area contributed by atoms with Gasteiger partial charge >= 0.3 is 0 Å². The Balaban J connectivity index is 1.86. The molecule has 6 heteroatoms. The van der Waals surface area contributed by atoms with Crippen LogP contribution in [-0.2, 0) is 20.1 Å². The van der Waals surface area contributed by atoms with Crippen LogP contribution in [0.25, 0.3) is 0 Å². The first-order valence-corrected chi connectivity index (χ1v) is 5.55. The summed E-state index contributed by atoms with van der Waals surface area (Å²) >= 11 is 1.38. The Morgan fingerprint density at radius 3 is 2.93 bits per heavy atom. The Morgan fingerprint density at radius 1 is 1.47 bits per heavy atom. The molecule has 0 fully saturated rings. The van der Waals surface area contributed by atoms with Crippen LogP contribution in [0.2, 0.25) is 0 Å². The average Bonchev–Trinajstić information content (AvgIpc) is 2.77. The minimum atomic E-state index is 0.755. The topological polar surface area (TPSA) is 55.6 Å². The van der Waals surface area contributed by atoms with E-state index < -0.39 is 0 Å². The highest BCUT2D eigenvalue weighted by Crippen LogP contribution is 2.04. The second-order valence-electron chi connectivity index (χ2n) is 3.41. The predicted molar refractivity (Wildman–Crippen MR) is 58.4 cm³/mol. The van der Waals surface area contributed by atoms with E-state index in [1.54, 1.807) is 0 Å². The highest BCUT2D eigenvalue weighted by Gasteiger charge is 2.02. The third kappa shape index (κ3) is 2.60. The van der Waals surface area contributed by atoms with Gasteiger partial charge in [0.25, 0.3) is 0 Å². The van der Waals surface area contributed by atoms with Crippen LogP contribution in [0.15, 0.2) is 11.6 Å². The summed E-state index contributed by atoms with van der Waals surface area (Å²) in [5, 5.41) is 13.5. The lowest BCUT2D eigenvalue weighted by molar-refractivity contribution is 0.674. The van der Waals surface area contributed by atoms with Crippen LogP contribution in [0.5, 0.6) is 0 Å². The van der Waals surface area contributed by atoms with Gasteiger partial charge in [0.05, 0.1) is 11.4 Å². The highest BCUT2D eigenvalue weighted by molar-refractivity contribution is 7.03.